The van der Waals surface area contributed by atoms with Gasteiger partial charge in [-0.3, -0.25) is 4.79 Å². The second kappa shape index (κ2) is 7.04. The predicted octanol–water partition coefficient (Wildman–Crippen LogP) is 3.24. The molecule has 1 amide bonds. The molecule has 1 aromatic rings. The van der Waals surface area contributed by atoms with Gasteiger partial charge < -0.3 is 10.6 Å². The fraction of sp³-hybridized carbons (Fsp3) is 0.562. The molecule has 1 aliphatic rings. The van der Waals surface area contributed by atoms with Gasteiger partial charge in [-0.25, -0.2) is 0 Å². The molecule has 1 heterocycles. The Morgan fingerprint density at radius 1 is 1.25 bits per heavy atom. The van der Waals surface area contributed by atoms with Crippen LogP contribution >= 0.6 is 0 Å². The van der Waals surface area contributed by atoms with E-state index in [9.17, 15) is 26.7 Å². The van der Waals surface area contributed by atoms with Crippen molar-refractivity contribution in [2.24, 2.45) is 11.7 Å². The molecule has 0 radical (unpaired) electrons. The third-order valence-corrected chi connectivity index (χ3v) is 4.26. The number of rotatable bonds is 6. The van der Waals surface area contributed by atoms with Crippen LogP contribution < -0.4 is 5.73 Å². The van der Waals surface area contributed by atoms with E-state index in [1.54, 1.807) is 23.1 Å². The Morgan fingerprint density at radius 3 is 2.58 bits per heavy atom. The van der Waals surface area contributed by atoms with Crippen molar-refractivity contribution in [2.75, 3.05) is 19.6 Å². The maximum Gasteiger partial charge on any atom is 0.453 e. The van der Waals surface area contributed by atoms with Crippen LogP contribution in [0.3, 0.4) is 0 Å². The smallest absolute Gasteiger partial charge is 0.366 e. The molecule has 0 saturated carbocycles. The lowest BCUT2D eigenvalue weighted by Gasteiger charge is -2.23. The predicted molar refractivity (Wildman–Crippen MR) is 78.8 cm³/mol. The average molecular weight is 350 g/mol. The van der Waals surface area contributed by atoms with E-state index in [0.29, 0.717) is 25.1 Å². The van der Waals surface area contributed by atoms with Gasteiger partial charge in [0.15, 0.2) is 0 Å². The van der Waals surface area contributed by atoms with Crippen molar-refractivity contribution in [3.05, 3.63) is 35.4 Å². The molecule has 0 aromatic heterocycles. The van der Waals surface area contributed by atoms with Gasteiger partial charge in [0, 0.05) is 25.1 Å². The zero-order chi connectivity index (χ0) is 18.0. The highest BCUT2D eigenvalue weighted by molar-refractivity contribution is 5.92. The molecule has 1 atom stereocenters. The molecule has 1 aromatic carbocycles. The van der Waals surface area contributed by atoms with Crippen LogP contribution in [0.4, 0.5) is 22.0 Å². The maximum atomic E-state index is 13.0. The molecule has 0 aliphatic carbocycles. The van der Waals surface area contributed by atoms with E-state index in [2.05, 4.69) is 0 Å². The lowest BCUT2D eigenvalue weighted by atomic mass is 9.97. The number of halogens is 5. The largest absolute Gasteiger partial charge is 0.453 e. The lowest BCUT2D eigenvalue weighted by Crippen LogP contribution is -2.39. The van der Waals surface area contributed by atoms with Crippen LogP contribution in [0.15, 0.2) is 24.3 Å². The Kier molecular flexibility index (Phi) is 5.47. The maximum absolute atomic E-state index is 13.0. The van der Waals surface area contributed by atoms with Gasteiger partial charge in [-0.2, -0.15) is 22.0 Å². The first-order valence-corrected chi connectivity index (χ1v) is 7.64. The van der Waals surface area contributed by atoms with E-state index in [4.69, 9.17) is 5.73 Å². The van der Waals surface area contributed by atoms with Crippen molar-refractivity contribution in [3.63, 3.8) is 0 Å². The van der Waals surface area contributed by atoms with Gasteiger partial charge in [-0.1, -0.05) is 12.1 Å². The Bertz CT molecular complexity index is 588. The van der Waals surface area contributed by atoms with Crippen LogP contribution in [0.2, 0.25) is 0 Å². The van der Waals surface area contributed by atoms with Gasteiger partial charge in [0.25, 0.3) is 0 Å². The number of hydrogen-bond acceptors (Lipinski definition) is 2. The standard InChI is InChI=1S/C16H19F5N2O/c17-15(18,16(19,20)21)5-7-23-6-4-12(10-23)8-11-2-1-3-13(9-11)14(22)24/h1-3,9,12H,4-8,10H2,(H2,22,24). The van der Waals surface area contributed by atoms with Crippen LogP contribution in [0, 0.1) is 5.92 Å². The van der Waals surface area contributed by atoms with Gasteiger partial charge in [0.05, 0.1) is 0 Å². The summed E-state index contributed by atoms with van der Waals surface area (Å²) in [6.45, 7) is 0.674. The third-order valence-electron chi connectivity index (χ3n) is 4.26. The van der Waals surface area contributed by atoms with Gasteiger partial charge in [0.1, 0.15) is 0 Å². The van der Waals surface area contributed by atoms with Crippen molar-refractivity contribution < 1.29 is 26.7 Å². The Labute approximate surface area is 136 Å². The molecule has 1 saturated heterocycles. The van der Waals surface area contributed by atoms with E-state index in [0.717, 1.165) is 12.0 Å². The Hall–Kier alpha value is -1.70. The summed E-state index contributed by atoms with van der Waals surface area (Å²) in [7, 11) is 0. The van der Waals surface area contributed by atoms with E-state index in [-0.39, 0.29) is 12.5 Å². The van der Waals surface area contributed by atoms with Crippen molar-refractivity contribution >= 4 is 5.91 Å². The highest BCUT2D eigenvalue weighted by Crippen LogP contribution is 2.38. The molecule has 2 rings (SSSR count). The molecule has 0 spiro atoms. The monoisotopic (exact) mass is 350 g/mol. The molecule has 2 N–H and O–H groups in total. The number of carbonyl (C=O) groups is 1. The molecular formula is C16H19F5N2O. The number of primary amides is 1. The summed E-state index contributed by atoms with van der Waals surface area (Å²) >= 11 is 0. The van der Waals surface area contributed by atoms with E-state index < -0.39 is 24.4 Å². The fourth-order valence-electron chi connectivity index (χ4n) is 2.91. The summed E-state index contributed by atoms with van der Waals surface area (Å²) in [5.74, 6) is -5.02. The molecule has 24 heavy (non-hydrogen) atoms. The quantitative estimate of drug-likeness (QED) is 0.801. The summed E-state index contributed by atoms with van der Waals surface area (Å²) in [4.78, 5) is 12.8. The molecule has 1 fully saturated rings. The molecule has 1 unspecified atom stereocenters. The minimum atomic E-state index is -5.50. The minimum absolute atomic E-state index is 0.160. The Morgan fingerprint density at radius 2 is 1.96 bits per heavy atom. The fourth-order valence-corrected chi connectivity index (χ4v) is 2.91. The summed E-state index contributed by atoms with van der Waals surface area (Å²) in [6.07, 6.45) is -5.37. The second-order valence-electron chi connectivity index (χ2n) is 6.18. The van der Waals surface area contributed by atoms with Crippen LogP contribution in [-0.2, 0) is 6.42 Å². The van der Waals surface area contributed by atoms with E-state index in [1.807, 2.05) is 6.07 Å². The molecule has 0 bridgehead atoms. The number of carbonyl (C=O) groups excluding carboxylic acids is 1. The van der Waals surface area contributed by atoms with Crippen LogP contribution in [0.5, 0.6) is 0 Å². The zero-order valence-electron chi connectivity index (χ0n) is 13.0. The summed E-state index contributed by atoms with van der Waals surface area (Å²) in [5, 5.41) is 0. The van der Waals surface area contributed by atoms with Crippen LogP contribution in [0.1, 0.15) is 28.8 Å². The number of benzene rings is 1. The molecule has 3 nitrogen and oxygen atoms in total. The highest BCUT2D eigenvalue weighted by atomic mass is 19.4. The third kappa shape index (κ3) is 4.66. The number of nitrogens with two attached hydrogens (primary N) is 1. The number of likely N-dealkylation sites (tertiary alicyclic amines) is 1. The Balaban J connectivity index is 1.85. The van der Waals surface area contributed by atoms with Crippen molar-refractivity contribution in [2.45, 2.75) is 31.4 Å². The zero-order valence-corrected chi connectivity index (χ0v) is 13.0. The summed E-state index contributed by atoms with van der Waals surface area (Å²) < 4.78 is 62.4. The normalized spacial score (nSPS) is 19.6. The van der Waals surface area contributed by atoms with Crippen LogP contribution in [-0.4, -0.2) is 42.5 Å². The van der Waals surface area contributed by atoms with Gasteiger partial charge in [0.2, 0.25) is 5.91 Å². The number of hydrogen-bond donors (Lipinski definition) is 1. The number of amides is 1. The minimum Gasteiger partial charge on any atom is -0.366 e. The van der Waals surface area contributed by atoms with Gasteiger partial charge in [-0.05, 0) is 43.0 Å². The number of alkyl halides is 5. The van der Waals surface area contributed by atoms with E-state index in [1.165, 1.54) is 0 Å². The SMILES string of the molecule is NC(=O)c1cccc(CC2CCN(CCC(F)(F)C(F)(F)F)C2)c1. The molecule has 8 heteroatoms. The highest BCUT2D eigenvalue weighted by Gasteiger charge is 2.56. The van der Waals surface area contributed by atoms with Gasteiger partial charge in [-0.15, -0.1) is 0 Å². The molecule has 134 valence electrons. The average Bonchev–Trinajstić information content (AvgIpc) is 2.92. The molecule has 1 aliphatic heterocycles. The first-order chi connectivity index (χ1) is 11.1. The number of nitrogens with zero attached hydrogens (tertiary/aromatic N) is 1. The van der Waals surface area contributed by atoms with Crippen LogP contribution in [0.25, 0.3) is 0 Å². The second-order valence-corrected chi connectivity index (χ2v) is 6.18. The summed E-state index contributed by atoms with van der Waals surface area (Å²) in [5.41, 5.74) is 6.52. The van der Waals surface area contributed by atoms with E-state index >= 15 is 0 Å². The van der Waals surface area contributed by atoms with Crippen molar-refractivity contribution in [3.8, 4) is 0 Å². The van der Waals surface area contributed by atoms with Crippen molar-refractivity contribution in [1.82, 2.24) is 4.90 Å². The van der Waals surface area contributed by atoms with Crippen molar-refractivity contribution in [1.29, 1.82) is 0 Å². The molecular weight excluding hydrogens is 331 g/mol. The lowest BCUT2D eigenvalue weighted by molar-refractivity contribution is -0.284. The topological polar surface area (TPSA) is 46.3 Å². The van der Waals surface area contributed by atoms with Gasteiger partial charge >= 0.3 is 12.1 Å². The first kappa shape index (κ1) is 18.6. The summed E-state index contributed by atoms with van der Waals surface area (Å²) in [6, 6.07) is 6.84. The first-order valence-electron chi connectivity index (χ1n) is 7.64.